The highest BCUT2D eigenvalue weighted by Crippen LogP contribution is 2.40. The summed E-state index contributed by atoms with van der Waals surface area (Å²) in [5.41, 5.74) is 0.922. The van der Waals surface area contributed by atoms with Crippen LogP contribution in [0.1, 0.15) is 12.8 Å². The first-order valence-corrected chi connectivity index (χ1v) is 8.42. The third kappa shape index (κ3) is 2.45. The van der Waals surface area contributed by atoms with Gasteiger partial charge in [-0.2, -0.15) is 0 Å². The monoisotopic (exact) mass is 330 g/mol. The summed E-state index contributed by atoms with van der Waals surface area (Å²) in [6.45, 7) is 3.52. The first-order valence-electron chi connectivity index (χ1n) is 8.42. The van der Waals surface area contributed by atoms with Crippen molar-refractivity contribution in [2.24, 2.45) is 11.3 Å². The smallest absolute Gasteiger partial charge is 0.228 e. The van der Waals surface area contributed by atoms with E-state index in [0.29, 0.717) is 12.3 Å². The number of amides is 2. The van der Waals surface area contributed by atoms with Crippen molar-refractivity contribution in [1.82, 2.24) is 4.90 Å². The number of carbonyl (C=O) groups is 2. The van der Waals surface area contributed by atoms with E-state index in [2.05, 4.69) is 0 Å². The Bertz CT molecular complexity index is 661. The second-order valence-electron chi connectivity index (χ2n) is 7.07. The molecule has 0 bridgehead atoms. The van der Waals surface area contributed by atoms with E-state index in [1.54, 1.807) is 12.0 Å². The summed E-state index contributed by atoms with van der Waals surface area (Å²) in [6.07, 6.45) is 1.31. The molecule has 3 aliphatic rings. The van der Waals surface area contributed by atoms with Gasteiger partial charge in [-0.15, -0.1) is 0 Å². The summed E-state index contributed by atoms with van der Waals surface area (Å²) < 4.78 is 10.8. The van der Waals surface area contributed by atoms with Crippen LogP contribution in [0.2, 0.25) is 0 Å². The molecule has 1 atom stereocenters. The molecule has 1 unspecified atom stereocenters. The fraction of sp³-hybridized carbons (Fsp3) is 0.556. The summed E-state index contributed by atoms with van der Waals surface area (Å²) in [5.74, 6) is 0.475. The minimum atomic E-state index is -0.262. The van der Waals surface area contributed by atoms with Crippen LogP contribution in [-0.2, 0) is 14.3 Å². The maximum atomic E-state index is 12.7. The van der Waals surface area contributed by atoms with Crippen LogP contribution in [0, 0.1) is 11.3 Å². The number of anilines is 1. The standard InChI is InChI=1S/C18H22N2O4/c1-23-15-5-3-2-4-14(15)20-9-13(8-16(20)21)17(22)19-10-18(11-19)6-7-24-12-18/h2-5,13H,6-12H2,1H3. The molecule has 3 heterocycles. The molecule has 0 N–H and O–H groups in total. The number of carbonyl (C=O) groups excluding carboxylic acids is 2. The van der Waals surface area contributed by atoms with Crippen molar-refractivity contribution in [1.29, 1.82) is 0 Å². The van der Waals surface area contributed by atoms with Gasteiger partial charge in [-0.05, 0) is 18.6 Å². The van der Waals surface area contributed by atoms with Crippen LogP contribution in [0.15, 0.2) is 24.3 Å². The lowest BCUT2D eigenvalue weighted by molar-refractivity contribution is -0.147. The van der Waals surface area contributed by atoms with Gasteiger partial charge < -0.3 is 19.3 Å². The van der Waals surface area contributed by atoms with Gasteiger partial charge in [0.1, 0.15) is 5.75 Å². The topological polar surface area (TPSA) is 59.1 Å². The van der Waals surface area contributed by atoms with E-state index in [0.717, 1.165) is 38.4 Å². The van der Waals surface area contributed by atoms with E-state index >= 15 is 0 Å². The van der Waals surface area contributed by atoms with Crippen LogP contribution >= 0.6 is 0 Å². The number of ether oxygens (including phenoxy) is 2. The van der Waals surface area contributed by atoms with Crippen LogP contribution in [-0.4, -0.2) is 56.7 Å². The third-order valence-electron chi connectivity index (χ3n) is 5.40. The molecule has 3 fully saturated rings. The Balaban J connectivity index is 1.43. The zero-order valence-corrected chi connectivity index (χ0v) is 13.9. The summed E-state index contributed by atoms with van der Waals surface area (Å²) in [6, 6.07) is 7.43. The fourth-order valence-electron chi connectivity index (χ4n) is 4.03. The van der Waals surface area contributed by atoms with Crippen molar-refractivity contribution < 1.29 is 19.1 Å². The molecule has 128 valence electrons. The average molecular weight is 330 g/mol. The van der Waals surface area contributed by atoms with Gasteiger partial charge in [0.15, 0.2) is 0 Å². The van der Waals surface area contributed by atoms with E-state index in [1.165, 1.54) is 0 Å². The largest absolute Gasteiger partial charge is 0.495 e. The number of nitrogens with zero attached hydrogens (tertiary/aromatic N) is 2. The van der Waals surface area contributed by atoms with Gasteiger partial charge in [0.05, 0.1) is 25.3 Å². The molecule has 6 nitrogen and oxygen atoms in total. The van der Waals surface area contributed by atoms with Gasteiger partial charge in [0.2, 0.25) is 11.8 Å². The Kier molecular flexibility index (Phi) is 3.72. The zero-order chi connectivity index (χ0) is 16.7. The normalized spacial score (nSPS) is 25.2. The summed E-state index contributed by atoms with van der Waals surface area (Å²) in [7, 11) is 1.59. The molecular weight excluding hydrogens is 308 g/mol. The van der Waals surface area contributed by atoms with Crippen LogP contribution in [0.25, 0.3) is 0 Å². The lowest BCUT2D eigenvalue weighted by Gasteiger charge is -2.48. The van der Waals surface area contributed by atoms with Crippen LogP contribution in [0.3, 0.4) is 0 Å². The molecule has 24 heavy (non-hydrogen) atoms. The number of hydrogen-bond donors (Lipinski definition) is 0. The van der Waals surface area contributed by atoms with Crippen molar-refractivity contribution in [2.75, 3.05) is 44.9 Å². The predicted molar refractivity (Wildman–Crippen MR) is 87.9 cm³/mol. The van der Waals surface area contributed by atoms with Crippen LogP contribution < -0.4 is 9.64 Å². The van der Waals surface area contributed by atoms with Crippen LogP contribution in [0.5, 0.6) is 5.75 Å². The maximum Gasteiger partial charge on any atom is 0.228 e. The molecular formula is C18H22N2O4. The van der Waals surface area contributed by atoms with Gasteiger partial charge in [-0.1, -0.05) is 12.1 Å². The number of benzene rings is 1. The molecule has 0 aliphatic carbocycles. The molecule has 0 radical (unpaired) electrons. The first-order chi connectivity index (χ1) is 11.6. The molecule has 1 spiro atoms. The Morgan fingerprint density at radius 2 is 2.12 bits per heavy atom. The molecule has 3 saturated heterocycles. The van der Waals surface area contributed by atoms with Crippen LogP contribution in [0.4, 0.5) is 5.69 Å². The van der Waals surface area contributed by atoms with Gasteiger partial charge >= 0.3 is 0 Å². The lowest BCUT2D eigenvalue weighted by atomic mass is 9.78. The SMILES string of the molecule is COc1ccccc1N1CC(C(=O)N2CC3(CCOC3)C2)CC1=O. The molecule has 1 aromatic rings. The molecule has 0 saturated carbocycles. The average Bonchev–Trinajstić information content (AvgIpc) is 3.20. The summed E-state index contributed by atoms with van der Waals surface area (Å²) >= 11 is 0. The Labute approximate surface area is 141 Å². The minimum absolute atomic E-state index is 0.0164. The van der Waals surface area contributed by atoms with Crippen molar-refractivity contribution in [3.63, 3.8) is 0 Å². The minimum Gasteiger partial charge on any atom is -0.495 e. The molecule has 0 aromatic heterocycles. The fourth-order valence-corrected chi connectivity index (χ4v) is 4.03. The maximum absolute atomic E-state index is 12.7. The number of likely N-dealkylation sites (tertiary alicyclic amines) is 1. The number of methoxy groups -OCH3 is 1. The number of rotatable bonds is 3. The Hall–Kier alpha value is -2.08. The molecule has 1 aromatic carbocycles. The van der Waals surface area contributed by atoms with Crippen molar-refractivity contribution in [2.45, 2.75) is 12.8 Å². The van der Waals surface area contributed by atoms with Gasteiger partial charge in [0.25, 0.3) is 0 Å². The zero-order valence-electron chi connectivity index (χ0n) is 13.9. The third-order valence-corrected chi connectivity index (χ3v) is 5.40. The van der Waals surface area contributed by atoms with Gasteiger partial charge in [-0.25, -0.2) is 0 Å². The highest BCUT2D eigenvalue weighted by molar-refractivity contribution is 6.01. The highest BCUT2D eigenvalue weighted by Gasteiger charge is 2.50. The quantitative estimate of drug-likeness (QED) is 0.838. The van der Waals surface area contributed by atoms with E-state index in [9.17, 15) is 9.59 Å². The molecule has 2 amide bonds. The summed E-state index contributed by atoms with van der Waals surface area (Å²) in [5, 5.41) is 0. The Morgan fingerprint density at radius 3 is 2.83 bits per heavy atom. The first kappa shape index (κ1) is 15.4. The van der Waals surface area contributed by atoms with E-state index in [-0.39, 0.29) is 29.6 Å². The van der Waals surface area contributed by atoms with Crippen molar-refractivity contribution in [3.05, 3.63) is 24.3 Å². The lowest BCUT2D eigenvalue weighted by Crippen LogP contribution is -2.60. The van der Waals surface area contributed by atoms with Crippen molar-refractivity contribution in [3.8, 4) is 5.75 Å². The molecule has 6 heteroatoms. The second kappa shape index (κ2) is 5.77. The second-order valence-corrected chi connectivity index (χ2v) is 7.07. The van der Waals surface area contributed by atoms with E-state index in [4.69, 9.17) is 9.47 Å². The predicted octanol–water partition coefficient (Wildman–Crippen LogP) is 1.30. The molecule has 3 aliphatic heterocycles. The van der Waals surface area contributed by atoms with Gasteiger partial charge in [0, 0.05) is 38.1 Å². The highest BCUT2D eigenvalue weighted by atomic mass is 16.5. The Morgan fingerprint density at radius 1 is 1.33 bits per heavy atom. The van der Waals surface area contributed by atoms with E-state index in [1.807, 2.05) is 29.2 Å². The number of para-hydroxylation sites is 2. The van der Waals surface area contributed by atoms with Crippen molar-refractivity contribution >= 4 is 17.5 Å². The number of hydrogen-bond acceptors (Lipinski definition) is 4. The summed E-state index contributed by atoms with van der Waals surface area (Å²) in [4.78, 5) is 28.7. The molecule has 4 rings (SSSR count). The van der Waals surface area contributed by atoms with Gasteiger partial charge in [-0.3, -0.25) is 9.59 Å². The van der Waals surface area contributed by atoms with E-state index < -0.39 is 0 Å².